The third kappa shape index (κ3) is 12.0. The number of hydrogen-bond acceptors (Lipinski definition) is 9. The first-order valence-corrected chi connectivity index (χ1v) is 22.4. The molecule has 1 N–H and O–H groups in total. The largest absolute Gasteiger partial charge is 0.489 e. The van der Waals surface area contributed by atoms with Crippen molar-refractivity contribution in [1.82, 2.24) is 9.78 Å². The fourth-order valence-electron chi connectivity index (χ4n) is 8.04. The third-order valence-corrected chi connectivity index (χ3v) is 11.5. The van der Waals surface area contributed by atoms with Crippen LogP contribution >= 0.6 is 0 Å². The molecule has 1 aliphatic rings. The van der Waals surface area contributed by atoms with Gasteiger partial charge in [-0.1, -0.05) is 158 Å². The normalized spacial score (nSPS) is 19.5. The van der Waals surface area contributed by atoms with Crippen LogP contribution in [0.1, 0.15) is 64.5 Å². The van der Waals surface area contributed by atoms with Crippen LogP contribution in [0.4, 0.5) is 4.39 Å². The second kappa shape index (κ2) is 22.3. The molecule has 1 aliphatic heterocycles. The Kier molecular flexibility index (Phi) is 15.7. The van der Waals surface area contributed by atoms with Gasteiger partial charge in [0, 0.05) is 29.8 Å². The summed E-state index contributed by atoms with van der Waals surface area (Å²) in [6.07, 6.45) is -4.00. The molecule has 1 saturated heterocycles. The predicted octanol–water partition coefficient (Wildman–Crippen LogP) is 10.5. The molecule has 6 aromatic carbocycles. The SMILES string of the molecule is Cc1c(Cc2ccc(OCc3ccccc3)cc2F)c(O[C@@]2(O)O[C@H](COCc3ccccc3)[C@@H](OCc3ccccc3)[C@H](OCc3ccccc3)[C@H]2OCc2ccccc2)nn1C(C)C. The number of halogens is 1. The quantitative estimate of drug-likeness (QED) is 0.0707. The molecule has 1 aromatic heterocycles. The van der Waals surface area contributed by atoms with Crippen LogP contribution in [0.5, 0.6) is 11.6 Å². The highest BCUT2D eigenvalue weighted by Gasteiger charge is 2.59. The number of aromatic nitrogens is 2. The molecule has 0 radical (unpaired) electrons. The zero-order chi connectivity index (χ0) is 45.7. The summed E-state index contributed by atoms with van der Waals surface area (Å²) in [6.45, 7) is 6.90. The van der Waals surface area contributed by atoms with Gasteiger partial charge in [0.05, 0.1) is 33.0 Å². The van der Waals surface area contributed by atoms with Gasteiger partial charge in [0.15, 0.2) is 6.10 Å². The lowest BCUT2D eigenvalue weighted by Gasteiger charge is -2.49. The Morgan fingerprint density at radius 1 is 0.636 bits per heavy atom. The number of ether oxygens (including phenoxy) is 7. The monoisotopic (exact) mass is 892 g/mol. The van der Waals surface area contributed by atoms with Gasteiger partial charge in [-0.25, -0.2) is 4.39 Å². The van der Waals surface area contributed by atoms with Gasteiger partial charge in [0.2, 0.25) is 5.88 Å². The Labute approximate surface area is 386 Å². The van der Waals surface area contributed by atoms with Gasteiger partial charge in [-0.05, 0) is 60.2 Å². The van der Waals surface area contributed by atoms with Crippen LogP contribution in [-0.4, -0.2) is 51.9 Å². The van der Waals surface area contributed by atoms with Gasteiger partial charge in [-0.3, -0.25) is 4.68 Å². The topological polar surface area (TPSA) is 103 Å². The van der Waals surface area contributed by atoms with E-state index in [2.05, 4.69) is 0 Å². The van der Waals surface area contributed by atoms with Crippen molar-refractivity contribution in [1.29, 1.82) is 0 Å². The highest BCUT2D eigenvalue weighted by atomic mass is 19.1. The Hall–Kier alpha value is -6.18. The van der Waals surface area contributed by atoms with Crippen molar-refractivity contribution in [3.8, 4) is 11.6 Å². The first-order valence-electron chi connectivity index (χ1n) is 22.4. The van der Waals surface area contributed by atoms with E-state index < -0.39 is 36.2 Å². The molecule has 0 unspecified atom stereocenters. The molecule has 8 rings (SSSR count). The Balaban J connectivity index is 1.16. The Morgan fingerprint density at radius 2 is 1.12 bits per heavy atom. The standard InChI is InChI=1S/C55H57FN2O8/c1-39(2)58-40(3)48(31-46-29-30-47(32-49(46)56)61-34-42-21-11-5-12-22-42)54(57-58)66-55(59)53(64-37-45-27-17-8-18-28-45)52(63-36-44-25-15-7-16-26-44)51(62-35-43-23-13-6-14-24-43)50(65-55)38-60-33-41-19-9-4-10-20-41/h4-30,32,39,50-53,59H,31,33-38H2,1-3H3/t50-,51-,52+,53-,55+/m1/s1. The fourth-order valence-corrected chi connectivity index (χ4v) is 8.04. The first kappa shape index (κ1) is 46.4. The molecule has 0 aliphatic carbocycles. The van der Waals surface area contributed by atoms with Crippen molar-refractivity contribution in [2.75, 3.05) is 6.61 Å². The number of benzene rings is 6. The lowest BCUT2D eigenvalue weighted by molar-refractivity contribution is -0.436. The van der Waals surface area contributed by atoms with E-state index in [1.54, 1.807) is 16.8 Å². The van der Waals surface area contributed by atoms with Gasteiger partial charge in [0.25, 0.3) is 0 Å². The van der Waals surface area contributed by atoms with E-state index in [-0.39, 0.29) is 51.4 Å². The van der Waals surface area contributed by atoms with Crippen LogP contribution in [0.3, 0.4) is 0 Å². The van der Waals surface area contributed by atoms with Crippen molar-refractivity contribution in [3.63, 3.8) is 0 Å². The molecule has 342 valence electrons. The molecular weight excluding hydrogens is 836 g/mol. The summed E-state index contributed by atoms with van der Waals surface area (Å²) < 4.78 is 64.0. The van der Waals surface area contributed by atoms with Gasteiger partial charge >= 0.3 is 5.97 Å². The molecule has 7 aromatic rings. The molecule has 5 atom stereocenters. The van der Waals surface area contributed by atoms with Gasteiger partial charge in [-0.15, -0.1) is 5.10 Å². The highest BCUT2D eigenvalue weighted by Crippen LogP contribution is 2.39. The van der Waals surface area contributed by atoms with Crippen molar-refractivity contribution in [2.45, 2.75) is 96.7 Å². The highest BCUT2D eigenvalue weighted by molar-refractivity contribution is 5.39. The Morgan fingerprint density at radius 3 is 1.64 bits per heavy atom. The number of nitrogens with zero attached hydrogens (tertiary/aromatic N) is 2. The molecule has 0 bridgehead atoms. The second-order valence-electron chi connectivity index (χ2n) is 16.7. The average molecular weight is 893 g/mol. The fraction of sp³-hybridized carbons (Fsp3) is 0.291. The molecule has 10 nitrogen and oxygen atoms in total. The van der Waals surface area contributed by atoms with E-state index >= 15 is 4.39 Å². The first-order chi connectivity index (χ1) is 32.2. The van der Waals surface area contributed by atoms with Crippen LogP contribution in [0.2, 0.25) is 0 Å². The maximum Gasteiger partial charge on any atom is 0.356 e. The molecular formula is C55H57FN2O8. The van der Waals surface area contributed by atoms with Gasteiger partial charge in [0.1, 0.15) is 36.5 Å². The van der Waals surface area contributed by atoms with E-state index in [4.69, 9.17) is 38.3 Å². The van der Waals surface area contributed by atoms with Gasteiger partial charge in [-0.2, -0.15) is 0 Å². The van der Waals surface area contributed by atoms with Crippen molar-refractivity contribution < 1.29 is 42.7 Å². The van der Waals surface area contributed by atoms with Crippen LogP contribution in [0.15, 0.2) is 170 Å². The minimum absolute atomic E-state index is 0.00710. The summed E-state index contributed by atoms with van der Waals surface area (Å²) in [5.41, 5.74) is 6.30. The summed E-state index contributed by atoms with van der Waals surface area (Å²) in [5, 5.41) is 18.1. The molecule has 1 fully saturated rings. The predicted molar refractivity (Wildman–Crippen MR) is 249 cm³/mol. The summed E-state index contributed by atoms with van der Waals surface area (Å²) in [4.78, 5) is 0. The van der Waals surface area contributed by atoms with E-state index in [9.17, 15) is 5.11 Å². The van der Waals surface area contributed by atoms with E-state index in [0.29, 0.717) is 23.5 Å². The summed E-state index contributed by atoms with van der Waals surface area (Å²) in [7, 11) is 0. The van der Waals surface area contributed by atoms with Crippen molar-refractivity contribution in [3.05, 3.63) is 220 Å². The number of aliphatic hydroxyl groups is 1. The summed E-state index contributed by atoms with van der Waals surface area (Å²) in [6, 6.07) is 53.5. The molecule has 66 heavy (non-hydrogen) atoms. The lowest BCUT2D eigenvalue weighted by atomic mass is 9.96. The van der Waals surface area contributed by atoms with Crippen molar-refractivity contribution >= 4 is 0 Å². The number of rotatable bonds is 21. The van der Waals surface area contributed by atoms with Gasteiger partial charge < -0.3 is 38.3 Å². The molecule has 11 heteroatoms. The Bertz CT molecular complexity index is 2550. The van der Waals surface area contributed by atoms with E-state index in [0.717, 1.165) is 33.5 Å². The van der Waals surface area contributed by atoms with Crippen LogP contribution < -0.4 is 9.47 Å². The lowest BCUT2D eigenvalue weighted by Crippen LogP contribution is -2.69. The molecule has 0 amide bonds. The minimum atomic E-state index is -2.53. The second-order valence-corrected chi connectivity index (χ2v) is 16.7. The summed E-state index contributed by atoms with van der Waals surface area (Å²) >= 11 is 0. The van der Waals surface area contributed by atoms with E-state index in [1.165, 1.54) is 6.07 Å². The smallest absolute Gasteiger partial charge is 0.356 e. The zero-order valence-electron chi connectivity index (χ0n) is 37.6. The molecule has 0 saturated carbocycles. The molecule has 0 spiro atoms. The van der Waals surface area contributed by atoms with Crippen LogP contribution in [-0.2, 0) is 63.1 Å². The average Bonchev–Trinajstić information content (AvgIpc) is 3.64. The summed E-state index contributed by atoms with van der Waals surface area (Å²) in [5.74, 6) is -2.53. The molecule has 2 heterocycles. The van der Waals surface area contributed by atoms with Crippen LogP contribution in [0, 0.1) is 12.7 Å². The third-order valence-electron chi connectivity index (χ3n) is 11.5. The zero-order valence-corrected chi connectivity index (χ0v) is 37.6. The maximum atomic E-state index is 16.1. The minimum Gasteiger partial charge on any atom is -0.489 e. The number of hydrogen-bond donors (Lipinski definition) is 1. The van der Waals surface area contributed by atoms with E-state index in [1.807, 2.05) is 172 Å². The van der Waals surface area contributed by atoms with Crippen molar-refractivity contribution in [2.24, 2.45) is 0 Å². The van der Waals surface area contributed by atoms with Crippen LogP contribution in [0.25, 0.3) is 0 Å². The maximum absolute atomic E-state index is 16.1.